The third kappa shape index (κ3) is 5.15. The molecule has 2 amide bonds. The Balaban J connectivity index is 1.49. The Kier molecular flexibility index (Phi) is 6.59. The largest absolute Gasteiger partial charge is 0.497 e. The number of carbonyl (C=O) groups excluding carboxylic acids is 2. The smallest absolute Gasteiger partial charge is 0.290 e. The highest BCUT2D eigenvalue weighted by atomic mass is 16.5. The molecular formula is C26H24N2O5. The number of nitrogens with zero attached hydrogens (tertiary/aromatic N) is 1. The van der Waals surface area contributed by atoms with E-state index in [2.05, 4.69) is 5.32 Å². The minimum atomic E-state index is -0.400. The summed E-state index contributed by atoms with van der Waals surface area (Å²) in [5, 5.41) is 3.57. The summed E-state index contributed by atoms with van der Waals surface area (Å²) < 4.78 is 16.9. The Morgan fingerprint density at radius 2 is 1.61 bits per heavy atom. The molecule has 4 rings (SSSR count). The molecule has 7 nitrogen and oxygen atoms in total. The van der Waals surface area contributed by atoms with E-state index in [0.717, 1.165) is 5.39 Å². The van der Waals surface area contributed by atoms with Crippen molar-refractivity contribution in [2.24, 2.45) is 0 Å². The number of likely N-dealkylation sites (N-methyl/N-ethyl adjacent to an activating group) is 1. The second-order valence-electron chi connectivity index (χ2n) is 7.45. The van der Waals surface area contributed by atoms with Crippen LogP contribution in [0.5, 0.6) is 11.5 Å². The lowest BCUT2D eigenvalue weighted by Gasteiger charge is -2.16. The Hall–Kier alpha value is -4.26. The van der Waals surface area contributed by atoms with Gasteiger partial charge in [0.05, 0.1) is 13.7 Å². The van der Waals surface area contributed by atoms with Crippen molar-refractivity contribution in [1.82, 2.24) is 4.90 Å². The van der Waals surface area contributed by atoms with Gasteiger partial charge in [-0.1, -0.05) is 36.4 Å². The first-order valence-corrected chi connectivity index (χ1v) is 10.4. The number of hydrogen-bond donors (Lipinski definition) is 1. The monoisotopic (exact) mass is 444 g/mol. The van der Waals surface area contributed by atoms with Gasteiger partial charge in [0.15, 0.2) is 5.76 Å². The molecule has 0 unspecified atom stereocenters. The minimum Gasteiger partial charge on any atom is -0.497 e. The Labute approximate surface area is 191 Å². The molecule has 0 atom stereocenters. The molecule has 0 bridgehead atoms. The summed E-state index contributed by atoms with van der Waals surface area (Å²) in [4.78, 5) is 27.0. The number of para-hydroxylation sites is 2. The van der Waals surface area contributed by atoms with Crippen LogP contribution in [0, 0.1) is 0 Å². The van der Waals surface area contributed by atoms with Gasteiger partial charge in [-0.2, -0.15) is 0 Å². The number of fused-ring (bicyclic) bond motifs is 1. The number of methoxy groups -OCH3 is 1. The Morgan fingerprint density at radius 3 is 2.33 bits per heavy atom. The van der Waals surface area contributed by atoms with Crippen LogP contribution >= 0.6 is 0 Å². The van der Waals surface area contributed by atoms with Crippen molar-refractivity contribution in [2.45, 2.75) is 6.61 Å². The van der Waals surface area contributed by atoms with Crippen LogP contribution in [0.2, 0.25) is 0 Å². The lowest BCUT2D eigenvalue weighted by atomic mass is 10.1. The molecule has 0 saturated heterocycles. The molecule has 1 aromatic heterocycles. The summed E-state index contributed by atoms with van der Waals surface area (Å²) in [5.41, 5.74) is 1.84. The van der Waals surface area contributed by atoms with Gasteiger partial charge in [0, 0.05) is 23.7 Å². The van der Waals surface area contributed by atoms with E-state index in [1.807, 2.05) is 48.5 Å². The van der Waals surface area contributed by atoms with E-state index in [0.29, 0.717) is 28.3 Å². The van der Waals surface area contributed by atoms with E-state index >= 15 is 0 Å². The fourth-order valence-electron chi connectivity index (χ4n) is 3.42. The molecule has 4 aromatic rings. The van der Waals surface area contributed by atoms with Crippen LogP contribution in [0.1, 0.15) is 16.1 Å². The predicted octanol–water partition coefficient (Wildman–Crippen LogP) is 4.73. The zero-order valence-electron chi connectivity index (χ0n) is 18.4. The Morgan fingerprint density at radius 1 is 0.909 bits per heavy atom. The lowest BCUT2D eigenvalue weighted by Crippen LogP contribution is -2.35. The highest BCUT2D eigenvalue weighted by Crippen LogP contribution is 2.28. The zero-order valence-corrected chi connectivity index (χ0v) is 18.4. The van der Waals surface area contributed by atoms with Crippen molar-refractivity contribution in [2.75, 3.05) is 26.0 Å². The van der Waals surface area contributed by atoms with Crippen molar-refractivity contribution in [3.63, 3.8) is 0 Å². The second kappa shape index (κ2) is 9.91. The minimum absolute atomic E-state index is 0.138. The first kappa shape index (κ1) is 22.0. The fourth-order valence-corrected chi connectivity index (χ4v) is 3.42. The highest BCUT2D eigenvalue weighted by molar-refractivity contribution is 6.01. The molecule has 168 valence electrons. The summed E-state index contributed by atoms with van der Waals surface area (Å²) in [7, 11) is 3.14. The number of benzene rings is 3. The van der Waals surface area contributed by atoms with Gasteiger partial charge in [0.25, 0.3) is 5.91 Å². The maximum atomic E-state index is 13.2. The van der Waals surface area contributed by atoms with Gasteiger partial charge in [-0.3, -0.25) is 9.59 Å². The number of hydrogen-bond acceptors (Lipinski definition) is 5. The van der Waals surface area contributed by atoms with Crippen molar-refractivity contribution in [1.29, 1.82) is 0 Å². The standard InChI is InChI=1S/C26H24N2O5/c1-28(16-24(29)27-18-12-14-19(31-2)15-13-18)26(30)25-22(17-32-20-8-4-3-5-9-20)21-10-6-7-11-23(21)33-25/h3-15H,16-17H2,1-2H3,(H,27,29). The number of rotatable bonds is 8. The first-order valence-electron chi connectivity index (χ1n) is 10.4. The normalized spacial score (nSPS) is 10.6. The average Bonchev–Trinajstić information content (AvgIpc) is 3.21. The van der Waals surface area contributed by atoms with Crippen LogP contribution in [-0.2, 0) is 11.4 Å². The highest BCUT2D eigenvalue weighted by Gasteiger charge is 2.25. The first-order chi connectivity index (χ1) is 16.0. The summed E-state index contributed by atoms with van der Waals surface area (Å²) >= 11 is 0. The third-order valence-corrected chi connectivity index (χ3v) is 5.12. The molecule has 1 N–H and O–H groups in total. The molecule has 0 radical (unpaired) electrons. The molecular weight excluding hydrogens is 420 g/mol. The van der Waals surface area contributed by atoms with Gasteiger partial charge in [0.1, 0.15) is 23.7 Å². The fraction of sp³-hybridized carbons (Fsp3) is 0.154. The van der Waals surface area contributed by atoms with Gasteiger partial charge in [-0.05, 0) is 42.5 Å². The van der Waals surface area contributed by atoms with E-state index in [1.165, 1.54) is 4.90 Å². The molecule has 0 aliphatic rings. The number of furan rings is 1. The van der Waals surface area contributed by atoms with Gasteiger partial charge in [-0.25, -0.2) is 0 Å². The topological polar surface area (TPSA) is 81.0 Å². The lowest BCUT2D eigenvalue weighted by molar-refractivity contribution is -0.116. The second-order valence-corrected chi connectivity index (χ2v) is 7.45. The summed E-state index contributed by atoms with van der Waals surface area (Å²) in [6.45, 7) is 0.0227. The van der Waals surface area contributed by atoms with Crippen LogP contribution in [0.15, 0.2) is 83.3 Å². The van der Waals surface area contributed by atoms with E-state index in [4.69, 9.17) is 13.9 Å². The van der Waals surface area contributed by atoms with E-state index < -0.39 is 5.91 Å². The van der Waals surface area contributed by atoms with Gasteiger partial charge in [-0.15, -0.1) is 0 Å². The third-order valence-electron chi connectivity index (χ3n) is 5.12. The summed E-state index contributed by atoms with van der Waals surface area (Å²) in [6, 6.07) is 23.7. The van der Waals surface area contributed by atoms with Crippen LogP contribution in [-0.4, -0.2) is 37.4 Å². The van der Waals surface area contributed by atoms with Crippen LogP contribution in [0.4, 0.5) is 5.69 Å². The number of carbonyl (C=O) groups is 2. The molecule has 0 spiro atoms. The van der Waals surface area contributed by atoms with Crippen molar-refractivity contribution >= 4 is 28.5 Å². The SMILES string of the molecule is COc1ccc(NC(=O)CN(C)C(=O)c2oc3ccccc3c2COc2ccccc2)cc1. The van der Waals surface area contributed by atoms with Gasteiger partial charge >= 0.3 is 0 Å². The van der Waals surface area contributed by atoms with Crippen molar-refractivity contribution in [3.8, 4) is 11.5 Å². The van der Waals surface area contributed by atoms with Gasteiger partial charge < -0.3 is 24.1 Å². The molecule has 7 heteroatoms. The average molecular weight is 444 g/mol. The van der Waals surface area contributed by atoms with Crippen LogP contribution in [0.25, 0.3) is 11.0 Å². The van der Waals surface area contributed by atoms with Crippen molar-refractivity contribution < 1.29 is 23.5 Å². The van der Waals surface area contributed by atoms with E-state index in [1.54, 1.807) is 44.5 Å². The van der Waals surface area contributed by atoms with E-state index in [-0.39, 0.29) is 24.8 Å². The van der Waals surface area contributed by atoms with Crippen LogP contribution < -0.4 is 14.8 Å². The molecule has 0 fully saturated rings. The quantitative estimate of drug-likeness (QED) is 0.425. The van der Waals surface area contributed by atoms with Crippen molar-refractivity contribution in [3.05, 3.63) is 90.2 Å². The molecule has 0 aliphatic heterocycles. The number of nitrogens with one attached hydrogen (secondary N) is 1. The molecule has 3 aromatic carbocycles. The van der Waals surface area contributed by atoms with E-state index in [9.17, 15) is 9.59 Å². The predicted molar refractivity (Wildman–Crippen MR) is 126 cm³/mol. The van der Waals surface area contributed by atoms with Gasteiger partial charge in [0.2, 0.25) is 5.91 Å². The summed E-state index contributed by atoms with van der Waals surface area (Å²) in [6.07, 6.45) is 0. The number of ether oxygens (including phenoxy) is 2. The molecule has 0 aliphatic carbocycles. The van der Waals surface area contributed by atoms with Crippen LogP contribution in [0.3, 0.4) is 0 Å². The summed E-state index contributed by atoms with van der Waals surface area (Å²) in [5.74, 6) is 0.813. The molecule has 0 saturated carbocycles. The Bertz CT molecular complexity index is 1250. The molecule has 33 heavy (non-hydrogen) atoms. The number of anilines is 1. The maximum Gasteiger partial charge on any atom is 0.290 e. The maximum absolute atomic E-state index is 13.2. The zero-order chi connectivity index (χ0) is 23.2. The molecule has 1 heterocycles. The number of amides is 2.